The van der Waals surface area contributed by atoms with Gasteiger partial charge in [0.2, 0.25) is 15.9 Å². The summed E-state index contributed by atoms with van der Waals surface area (Å²) in [7, 11) is -3.16. The van der Waals surface area contributed by atoms with Crippen LogP contribution in [0.15, 0.2) is 0 Å². The molecule has 2 saturated heterocycles. The van der Waals surface area contributed by atoms with Crippen molar-refractivity contribution in [3.8, 4) is 0 Å². The number of hydrogen-bond donors (Lipinski definition) is 0. The zero-order chi connectivity index (χ0) is 14.3. The van der Waals surface area contributed by atoms with Crippen LogP contribution < -0.4 is 0 Å². The number of piperidine rings is 1. The first-order chi connectivity index (χ1) is 9.45. The lowest BCUT2D eigenvalue weighted by Crippen LogP contribution is -2.49. The monoisotopic (exact) mass is 302 g/mol. The zero-order valence-corrected chi connectivity index (χ0v) is 12.6. The number of ether oxygens (including phenoxy) is 1. The second-order valence-corrected chi connectivity index (χ2v) is 8.12. The van der Waals surface area contributed by atoms with Crippen LogP contribution in [0.2, 0.25) is 0 Å². The van der Waals surface area contributed by atoms with Gasteiger partial charge in [-0.25, -0.2) is 8.42 Å². The highest BCUT2D eigenvalue weighted by molar-refractivity contribution is 7.88. The summed E-state index contributed by atoms with van der Waals surface area (Å²) in [6.07, 6.45) is 4.10. The molecule has 1 amide bonds. The Bertz CT molecular complexity index is 489. The maximum atomic E-state index is 12.1. The first-order valence-corrected chi connectivity index (χ1v) is 9.15. The van der Waals surface area contributed by atoms with Crippen LogP contribution in [0.1, 0.15) is 19.3 Å². The molecule has 7 heteroatoms. The zero-order valence-electron chi connectivity index (χ0n) is 11.8. The Morgan fingerprint density at radius 2 is 1.90 bits per heavy atom. The largest absolute Gasteiger partial charge is 0.375 e. The third-order valence-corrected chi connectivity index (χ3v) is 5.78. The topological polar surface area (TPSA) is 66.9 Å². The molecule has 0 aromatic carbocycles. The van der Waals surface area contributed by atoms with Gasteiger partial charge < -0.3 is 9.64 Å². The van der Waals surface area contributed by atoms with Crippen LogP contribution in [0.3, 0.4) is 0 Å². The van der Waals surface area contributed by atoms with E-state index in [-0.39, 0.29) is 23.8 Å². The molecule has 1 aliphatic carbocycles. The molecule has 0 bridgehead atoms. The van der Waals surface area contributed by atoms with E-state index in [0.717, 1.165) is 25.8 Å². The van der Waals surface area contributed by atoms with Gasteiger partial charge in [0.25, 0.3) is 0 Å². The fraction of sp³-hybridized carbons (Fsp3) is 0.923. The number of sulfonamides is 1. The summed E-state index contributed by atoms with van der Waals surface area (Å²) in [5, 5.41) is 0. The van der Waals surface area contributed by atoms with E-state index in [9.17, 15) is 13.2 Å². The van der Waals surface area contributed by atoms with E-state index < -0.39 is 10.0 Å². The predicted molar refractivity (Wildman–Crippen MR) is 73.6 cm³/mol. The highest BCUT2D eigenvalue weighted by Crippen LogP contribution is 2.33. The van der Waals surface area contributed by atoms with Crippen molar-refractivity contribution in [3.63, 3.8) is 0 Å². The molecular formula is C13H22N2O4S. The molecule has 2 atom stereocenters. The van der Waals surface area contributed by atoms with Crippen LogP contribution in [-0.4, -0.2) is 68.7 Å². The molecule has 0 unspecified atom stereocenters. The molecule has 1 saturated carbocycles. The first-order valence-electron chi connectivity index (χ1n) is 7.30. The van der Waals surface area contributed by atoms with Crippen molar-refractivity contribution in [1.29, 1.82) is 0 Å². The molecular weight excluding hydrogens is 280 g/mol. The van der Waals surface area contributed by atoms with Gasteiger partial charge in [0.1, 0.15) is 0 Å². The van der Waals surface area contributed by atoms with Crippen molar-refractivity contribution < 1.29 is 17.9 Å². The van der Waals surface area contributed by atoms with Gasteiger partial charge >= 0.3 is 0 Å². The van der Waals surface area contributed by atoms with Crippen molar-refractivity contribution in [2.75, 3.05) is 39.0 Å². The molecule has 114 valence electrons. The minimum Gasteiger partial charge on any atom is -0.375 e. The van der Waals surface area contributed by atoms with Crippen LogP contribution in [-0.2, 0) is 19.6 Å². The second kappa shape index (κ2) is 5.27. The van der Waals surface area contributed by atoms with E-state index >= 15 is 0 Å². The molecule has 2 aliphatic heterocycles. The van der Waals surface area contributed by atoms with E-state index in [0.29, 0.717) is 26.2 Å². The average Bonchev–Trinajstić information content (AvgIpc) is 3.22. The number of rotatable bonds is 2. The van der Waals surface area contributed by atoms with E-state index in [1.54, 1.807) is 0 Å². The highest BCUT2D eigenvalue weighted by atomic mass is 32.2. The predicted octanol–water partition coefficient (Wildman–Crippen LogP) is -0.0947. The summed E-state index contributed by atoms with van der Waals surface area (Å²) in [5.74, 6) is 0.705. The lowest BCUT2D eigenvalue weighted by atomic mass is 9.93. The minimum atomic E-state index is -3.16. The number of carbonyl (C=O) groups excluding carboxylic acids is 1. The number of hydrogen-bond acceptors (Lipinski definition) is 4. The smallest absolute Gasteiger partial charge is 0.225 e. The number of nitrogens with zero attached hydrogens (tertiary/aromatic N) is 2. The molecule has 0 radical (unpaired) electrons. The molecule has 3 rings (SSSR count). The van der Waals surface area contributed by atoms with Crippen molar-refractivity contribution in [2.24, 2.45) is 11.8 Å². The van der Waals surface area contributed by atoms with Crippen molar-refractivity contribution in [3.05, 3.63) is 0 Å². The van der Waals surface area contributed by atoms with E-state index in [2.05, 4.69) is 0 Å². The number of amides is 1. The third-order valence-electron chi connectivity index (χ3n) is 4.51. The Hall–Kier alpha value is -0.660. The summed E-state index contributed by atoms with van der Waals surface area (Å²) in [4.78, 5) is 14.0. The molecule has 3 aliphatic rings. The second-order valence-electron chi connectivity index (χ2n) is 6.14. The Kier molecular flexibility index (Phi) is 3.77. The fourth-order valence-corrected chi connectivity index (χ4v) is 3.98. The molecule has 0 spiro atoms. The quantitative estimate of drug-likeness (QED) is 0.715. The summed E-state index contributed by atoms with van der Waals surface area (Å²) >= 11 is 0. The van der Waals surface area contributed by atoms with Gasteiger partial charge in [0, 0.05) is 38.0 Å². The molecule has 0 aromatic rings. The Morgan fingerprint density at radius 1 is 1.15 bits per heavy atom. The minimum absolute atomic E-state index is 0.0156. The van der Waals surface area contributed by atoms with Crippen LogP contribution in [0.25, 0.3) is 0 Å². The Morgan fingerprint density at radius 3 is 2.55 bits per heavy atom. The highest BCUT2D eigenvalue weighted by Gasteiger charge is 2.40. The van der Waals surface area contributed by atoms with E-state index in [1.807, 2.05) is 4.90 Å². The summed E-state index contributed by atoms with van der Waals surface area (Å²) in [5.41, 5.74) is 0. The van der Waals surface area contributed by atoms with Crippen molar-refractivity contribution >= 4 is 15.9 Å². The number of carbonyl (C=O) groups is 1. The Labute approximate surface area is 120 Å². The van der Waals surface area contributed by atoms with Gasteiger partial charge in [0.15, 0.2) is 0 Å². The van der Waals surface area contributed by atoms with E-state index in [1.165, 1.54) is 10.6 Å². The first kappa shape index (κ1) is 14.3. The maximum absolute atomic E-state index is 12.1. The Balaban J connectivity index is 1.65. The molecule has 0 N–H and O–H groups in total. The fourth-order valence-electron chi connectivity index (χ4n) is 3.11. The molecule has 6 nitrogen and oxygen atoms in total. The van der Waals surface area contributed by atoms with Gasteiger partial charge in [-0.05, 0) is 19.3 Å². The van der Waals surface area contributed by atoms with Gasteiger partial charge in [-0.3, -0.25) is 4.79 Å². The molecule has 3 fully saturated rings. The van der Waals surface area contributed by atoms with Crippen molar-refractivity contribution in [2.45, 2.75) is 25.4 Å². The lowest BCUT2D eigenvalue weighted by molar-refractivity contribution is -0.138. The van der Waals surface area contributed by atoms with Crippen LogP contribution in [0.5, 0.6) is 0 Å². The molecule has 2 heterocycles. The summed E-state index contributed by atoms with van der Waals surface area (Å²) in [6, 6.07) is 0. The molecule has 20 heavy (non-hydrogen) atoms. The number of fused-ring (bicyclic) bond motifs is 1. The normalized spacial score (nSPS) is 32.5. The van der Waals surface area contributed by atoms with Gasteiger partial charge in [-0.1, -0.05) is 0 Å². The van der Waals surface area contributed by atoms with Gasteiger partial charge in [-0.15, -0.1) is 0 Å². The van der Waals surface area contributed by atoms with Crippen molar-refractivity contribution in [1.82, 2.24) is 9.21 Å². The van der Waals surface area contributed by atoms with E-state index in [4.69, 9.17) is 4.74 Å². The summed E-state index contributed by atoms with van der Waals surface area (Å²) < 4.78 is 30.7. The SMILES string of the molecule is CS(=O)(=O)N1CCO[C@@H]2CN(C(=O)C3CC3)CC[C@@H]2C1. The summed E-state index contributed by atoms with van der Waals surface area (Å²) in [6.45, 7) is 2.71. The third kappa shape index (κ3) is 2.99. The standard InChI is InChI=1S/C13H22N2O4S/c1-20(17,18)15-6-7-19-12-9-14(5-4-11(12)8-15)13(16)10-2-3-10/h10-12H,2-9H2,1H3/t11-,12-/m1/s1. The lowest BCUT2D eigenvalue weighted by Gasteiger charge is -2.37. The van der Waals surface area contributed by atoms with Crippen LogP contribution >= 0.6 is 0 Å². The van der Waals surface area contributed by atoms with Gasteiger partial charge in [0.05, 0.1) is 19.0 Å². The van der Waals surface area contributed by atoms with Crippen LogP contribution in [0.4, 0.5) is 0 Å². The molecule has 0 aromatic heterocycles. The van der Waals surface area contributed by atoms with Gasteiger partial charge in [-0.2, -0.15) is 4.31 Å². The number of likely N-dealkylation sites (tertiary alicyclic amines) is 1. The maximum Gasteiger partial charge on any atom is 0.225 e. The average molecular weight is 302 g/mol. The van der Waals surface area contributed by atoms with Crippen LogP contribution in [0, 0.1) is 11.8 Å².